The summed E-state index contributed by atoms with van der Waals surface area (Å²) in [6.07, 6.45) is 1.54. The fourth-order valence-electron chi connectivity index (χ4n) is 2.50. The molecule has 0 fully saturated rings. The zero-order chi connectivity index (χ0) is 19.8. The molecule has 0 saturated heterocycles. The normalized spacial score (nSPS) is 10.8. The van der Waals surface area contributed by atoms with Crippen molar-refractivity contribution in [1.82, 2.24) is 0 Å². The summed E-state index contributed by atoms with van der Waals surface area (Å²) in [5.41, 5.74) is 2.36. The standard InChI is InChI=1S/C23H17IN2O2/c24-20-10-12-21(13-11-20)26-23(27)19(15-25)14-18-8-4-5-9-22(18)28-16-17-6-2-1-3-7-17/h1-14H,16H2,(H,26,27)/b19-14-. The minimum Gasteiger partial charge on any atom is -0.488 e. The molecule has 0 aliphatic heterocycles. The smallest absolute Gasteiger partial charge is 0.266 e. The van der Waals surface area contributed by atoms with Crippen LogP contribution in [0.2, 0.25) is 0 Å². The van der Waals surface area contributed by atoms with Gasteiger partial charge in [-0.25, -0.2) is 0 Å². The van der Waals surface area contributed by atoms with Gasteiger partial charge < -0.3 is 10.1 Å². The molecule has 0 bridgehead atoms. The molecule has 0 heterocycles. The summed E-state index contributed by atoms with van der Waals surface area (Å²) >= 11 is 2.19. The highest BCUT2D eigenvalue weighted by atomic mass is 127. The zero-order valence-electron chi connectivity index (χ0n) is 14.9. The summed E-state index contributed by atoms with van der Waals surface area (Å²) < 4.78 is 6.96. The lowest BCUT2D eigenvalue weighted by molar-refractivity contribution is -0.112. The Labute approximate surface area is 177 Å². The first-order valence-corrected chi connectivity index (χ1v) is 9.68. The van der Waals surface area contributed by atoms with E-state index < -0.39 is 5.91 Å². The van der Waals surface area contributed by atoms with Crippen molar-refractivity contribution in [3.63, 3.8) is 0 Å². The Morgan fingerprint density at radius 2 is 1.68 bits per heavy atom. The molecule has 4 nitrogen and oxygen atoms in total. The lowest BCUT2D eigenvalue weighted by atomic mass is 10.1. The summed E-state index contributed by atoms with van der Waals surface area (Å²) in [6.45, 7) is 0.405. The average molecular weight is 480 g/mol. The molecule has 0 radical (unpaired) electrons. The molecule has 0 aliphatic carbocycles. The van der Waals surface area contributed by atoms with Crippen LogP contribution < -0.4 is 10.1 Å². The lowest BCUT2D eigenvalue weighted by Crippen LogP contribution is -2.13. The molecule has 28 heavy (non-hydrogen) atoms. The van der Waals surface area contributed by atoms with Gasteiger partial charge in [-0.1, -0.05) is 48.5 Å². The summed E-state index contributed by atoms with van der Waals surface area (Å²) in [4.78, 5) is 12.5. The summed E-state index contributed by atoms with van der Waals surface area (Å²) in [6, 6.07) is 26.5. The Hall–Kier alpha value is -3.11. The average Bonchev–Trinajstić information content (AvgIpc) is 2.73. The number of carbonyl (C=O) groups is 1. The molecule has 0 unspecified atom stereocenters. The molecule has 3 aromatic rings. The number of carbonyl (C=O) groups excluding carboxylic acids is 1. The topological polar surface area (TPSA) is 62.1 Å². The molecule has 1 amide bonds. The van der Waals surface area contributed by atoms with Crippen molar-refractivity contribution in [3.8, 4) is 11.8 Å². The van der Waals surface area contributed by atoms with Gasteiger partial charge in [-0.3, -0.25) is 4.79 Å². The van der Waals surface area contributed by atoms with Crippen LogP contribution in [0.5, 0.6) is 5.75 Å². The number of benzene rings is 3. The highest BCUT2D eigenvalue weighted by Crippen LogP contribution is 2.23. The van der Waals surface area contributed by atoms with Crippen molar-refractivity contribution < 1.29 is 9.53 Å². The van der Waals surface area contributed by atoms with Crippen LogP contribution in [0.4, 0.5) is 5.69 Å². The zero-order valence-corrected chi connectivity index (χ0v) is 17.1. The van der Waals surface area contributed by atoms with Gasteiger partial charge >= 0.3 is 0 Å². The van der Waals surface area contributed by atoms with E-state index in [0.29, 0.717) is 23.6 Å². The summed E-state index contributed by atoms with van der Waals surface area (Å²) in [5.74, 6) is 0.155. The fourth-order valence-corrected chi connectivity index (χ4v) is 2.86. The van der Waals surface area contributed by atoms with Crippen molar-refractivity contribution in [1.29, 1.82) is 5.26 Å². The number of rotatable bonds is 6. The second-order valence-electron chi connectivity index (χ2n) is 5.94. The summed E-state index contributed by atoms with van der Waals surface area (Å²) in [5, 5.41) is 12.2. The predicted octanol–water partition coefficient (Wildman–Crippen LogP) is 5.42. The van der Waals surface area contributed by atoms with Gasteiger partial charge in [0.2, 0.25) is 0 Å². The van der Waals surface area contributed by atoms with E-state index in [9.17, 15) is 10.1 Å². The van der Waals surface area contributed by atoms with Gasteiger partial charge in [0.05, 0.1) is 0 Å². The van der Waals surface area contributed by atoms with E-state index in [1.807, 2.05) is 72.8 Å². The summed E-state index contributed by atoms with van der Waals surface area (Å²) in [7, 11) is 0. The van der Waals surface area contributed by atoms with Gasteiger partial charge in [-0.05, 0) is 64.6 Å². The van der Waals surface area contributed by atoms with E-state index in [-0.39, 0.29) is 5.57 Å². The van der Waals surface area contributed by atoms with Gasteiger partial charge in [-0.2, -0.15) is 5.26 Å². The number of nitrogens with zero attached hydrogens (tertiary/aromatic N) is 1. The molecule has 1 N–H and O–H groups in total. The number of anilines is 1. The SMILES string of the molecule is N#C/C(=C/c1ccccc1OCc1ccccc1)C(=O)Nc1ccc(I)cc1. The van der Waals surface area contributed by atoms with Crippen molar-refractivity contribution in [2.75, 3.05) is 5.32 Å². The Bertz CT molecular complexity index is 1020. The molecule has 3 aromatic carbocycles. The number of halogens is 1. The van der Waals surface area contributed by atoms with Gasteiger partial charge in [0.1, 0.15) is 24.0 Å². The van der Waals surface area contributed by atoms with E-state index in [1.54, 1.807) is 18.2 Å². The van der Waals surface area contributed by atoms with Crippen molar-refractivity contribution in [2.45, 2.75) is 6.61 Å². The maximum absolute atomic E-state index is 12.5. The molecule has 0 aromatic heterocycles. The van der Waals surface area contributed by atoms with E-state index in [4.69, 9.17) is 4.74 Å². The van der Waals surface area contributed by atoms with Crippen LogP contribution in [-0.4, -0.2) is 5.91 Å². The maximum Gasteiger partial charge on any atom is 0.266 e. The number of ether oxygens (including phenoxy) is 1. The Balaban J connectivity index is 1.77. The number of hydrogen-bond acceptors (Lipinski definition) is 3. The predicted molar refractivity (Wildman–Crippen MR) is 119 cm³/mol. The number of amides is 1. The highest BCUT2D eigenvalue weighted by molar-refractivity contribution is 14.1. The lowest BCUT2D eigenvalue weighted by Gasteiger charge is -2.10. The Morgan fingerprint density at radius 1 is 1.00 bits per heavy atom. The molecule has 0 saturated carbocycles. The third kappa shape index (κ3) is 5.44. The van der Waals surface area contributed by atoms with Gasteiger partial charge in [0.15, 0.2) is 0 Å². The van der Waals surface area contributed by atoms with Crippen LogP contribution in [0.3, 0.4) is 0 Å². The second kappa shape index (κ2) is 9.72. The van der Waals surface area contributed by atoms with Crippen molar-refractivity contribution in [3.05, 3.63) is 99.1 Å². The van der Waals surface area contributed by atoms with Crippen LogP contribution in [0.1, 0.15) is 11.1 Å². The molecule has 5 heteroatoms. The van der Waals surface area contributed by atoms with E-state index in [2.05, 4.69) is 27.9 Å². The fraction of sp³-hybridized carbons (Fsp3) is 0.0435. The quantitative estimate of drug-likeness (QED) is 0.291. The van der Waals surface area contributed by atoms with Crippen LogP contribution in [0, 0.1) is 14.9 Å². The molecule has 0 atom stereocenters. The van der Waals surface area contributed by atoms with E-state index in [0.717, 1.165) is 9.13 Å². The first-order chi connectivity index (χ1) is 13.7. The minimum atomic E-state index is -0.457. The maximum atomic E-state index is 12.5. The monoisotopic (exact) mass is 480 g/mol. The van der Waals surface area contributed by atoms with Gasteiger partial charge in [0, 0.05) is 14.8 Å². The van der Waals surface area contributed by atoms with Crippen LogP contribution in [0.15, 0.2) is 84.4 Å². The van der Waals surface area contributed by atoms with Gasteiger partial charge in [0.25, 0.3) is 5.91 Å². The van der Waals surface area contributed by atoms with Crippen LogP contribution in [0.25, 0.3) is 6.08 Å². The molecular formula is C23H17IN2O2. The first-order valence-electron chi connectivity index (χ1n) is 8.60. The third-order valence-electron chi connectivity index (χ3n) is 3.92. The molecule has 0 spiro atoms. The Kier molecular flexibility index (Phi) is 6.82. The first kappa shape index (κ1) is 19.6. The number of para-hydroxylation sites is 1. The minimum absolute atomic E-state index is 0.00862. The number of nitriles is 1. The third-order valence-corrected chi connectivity index (χ3v) is 4.64. The van der Waals surface area contributed by atoms with Crippen molar-refractivity contribution in [2.24, 2.45) is 0 Å². The second-order valence-corrected chi connectivity index (χ2v) is 7.19. The number of nitrogens with one attached hydrogen (secondary N) is 1. The largest absolute Gasteiger partial charge is 0.488 e. The highest BCUT2D eigenvalue weighted by Gasteiger charge is 2.11. The number of hydrogen-bond donors (Lipinski definition) is 1. The molecule has 138 valence electrons. The van der Waals surface area contributed by atoms with Gasteiger partial charge in [-0.15, -0.1) is 0 Å². The van der Waals surface area contributed by atoms with E-state index >= 15 is 0 Å². The van der Waals surface area contributed by atoms with E-state index in [1.165, 1.54) is 0 Å². The van der Waals surface area contributed by atoms with Crippen LogP contribution >= 0.6 is 22.6 Å². The molecule has 3 rings (SSSR count). The molecule has 0 aliphatic rings. The van der Waals surface area contributed by atoms with Crippen LogP contribution in [-0.2, 0) is 11.4 Å². The molecular weight excluding hydrogens is 463 g/mol. The van der Waals surface area contributed by atoms with Crippen molar-refractivity contribution >= 4 is 40.3 Å². The Morgan fingerprint density at radius 3 is 2.39 bits per heavy atom.